The summed E-state index contributed by atoms with van der Waals surface area (Å²) in [6.45, 7) is 9.86. The zero-order valence-electron chi connectivity index (χ0n) is 15.2. The number of nitrogens with two attached hydrogens (primary N) is 1. The van der Waals surface area contributed by atoms with Crippen LogP contribution in [-0.2, 0) is 4.79 Å². The number of thiazole rings is 1. The molecule has 2 rings (SSSR count). The number of ketones is 1. The normalized spacial score (nSPS) is 9.38. The summed E-state index contributed by atoms with van der Waals surface area (Å²) in [5, 5.41) is 0.694. The Labute approximate surface area is 148 Å². The lowest BCUT2D eigenvalue weighted by Gasteiger charge is -1.91. The predicted molar refractivity (Wildman–Crippen MR) is 98.7 cm³/mol. The van der Waals surface area contributed by atoms with Crippen LogP contribution in [0.15, 0.2) is 18.7 Å². The molecule has 7 heteroatoms. The summed E-state index contributed by atoms with van der Waals surface area (Å²) in [5.74, 6) is -0.146. The SMILES string of the molecule is CCC.CCCCC(C)=O.Cc1cn(-c2ncc(C(N)=O)s2)cn1. The number of hydrogen-bond donors (Lipinski definition) is 1. The first-order valence-electron chi connectivity index (χ1n) is 8.11. The summed E-state index contributed by atoms with van der Waals surface area (Å²) >= 11 is 1.24. The minimum Gasteiger partial charge on any atom is -0.365 e. The molecule has 0 fully saturated rings. The minimum atomic E-state index is -0.453. The van der Waals surface area contributed by atoms with E-state index in [-0.39, 0.29) is 0 Å². The average Bonchev–Trinajstić information content (AvgIpc) is 3.15. The maximum absolute atomic E-state index is 10.8. The third-order valence-corrected chi connectivity index (χ3v) is 3.58. The van der Waals surface area contributed by atoms with Crippen LogP contribution in [0.3, 0.4) is 0 Å². The molecule has 1 amide bonds. The molecule has 0 aliphatic carbocycles. The Bertz CT molecular complexity index is 620. The van der Waals surface area contributed by atoms with E-state index < -0.39 is 5.91 Å². The Morgan fingerprint density at radius 2 is 1.88 bits per heavy atom. The van der Waals surface area contributed by atoms with Crippen LogP contribution < -0.4 is 5.73 Å². The molecule has 0 atom stereocenters. The van der Waals surface area contributed by atoms with Crippen LogP contribution in [0, 0.1) is 6.92 Å². The van der Waals surface area contributed by atoms with Crippen molar-refractivity contribution >= 4 is 23.0 Å². The van der Waals surface area contributed by atoms with Crippen LogP contribution in [0.25, 0.3) is 5.13 Å². The van der Waals surface area contributed by atoms with Gasteiger partial charge in [0.15, 0.2) is 5.13 Å². The molecule has 0 saturated carbocycles. The van der Waals surface area contributed by atoms with Crippen molar-refractivity contribution in [2.24, 2.45) is 5.73 Å². The van der Waals surface area contributed by atoms with Gasteiger partial charge in [-0.3, -0.25) is 9.36 Å². The van der Waals surface area contributed by atoms with Gasteiger partial charge < -0.3 is 10.5 Å². The summed E-state index contributed by atoms with van der Waals surface area (Å²) in [6, 6.07) is 0. The molecule has 2 aromatic rings. The average molecular weight is 353 g/mol. The highest BCUT2D eigenvalue weighted by Crippen LogP contribution is 2.16. The van der Waals surface area contributed by atoms with Crippen LogP contribution in [0.5, 0.6) is 0 Å². The summed E-state index contributed by atoms with van der Waals surface area (Å²) < 4.78 is 1.76. The van der Waals surface area contributed by atoms with Crippen molar-refractivity contribution in [1.29, 1.82) is 0 Å². The zero-order chi connectivity index (χ0) is 18.5. The summed E-state index contributed by atoms with van der Waals surface area (Å²) in [4.78, 5) is 29.6. The van der Waals surface area contributed by atoms with Crippen molar-refractivity contribution in [3.63, 3.8) is 0 Å². The Morgan fingerprint density at radius 1 is 1.25 bits per heavy atom. The number of carbonyl (C=O) groups is 2. The van der Waals surface area contributed by atoms with E-state index >= 15 is 0 Å². The number of aromatic nitrogens is 3. The lowest BCUT2D eigenvalue weighted by atomic mass is 10.2. The highest BCUT2D eigenvalue weighted by molar-refractivity contribution is 7.16. The number of carbonyl (C=O) groups excluding carboxylic acids is 2. The van der Waals surface area contributed by atoms with Crippen molar-refractivity contribution in [3.8, 4) is 5.13 Å². The fraction of sp³-hybridized carbons (Fsp3) is 0.529. The Kier molecular flexibility index (Phi) is 11.4. The van der Waals surface area contributed by atoms with Gasteiger partial charge in [-0.15, -0.1) is 0 Å². The quantitative estimate of drug-likeness (QED) is 0.883. The summed E-state index contributed by atoms with van der Waals surface area (Å²) in [6.07, 6.45) is 9.14. The van der Waals surface area contributed by atoms with Gasteiger partial charge >= 0.3 is 0 Å². The molecule has 24 heavy (non-hydrogen) atoms. The van der Waals surface area contributed by atoms with E-state index in [2.05, 4.69) is 30.7 Å². The molecule has 0 unspecified atom stereocenters. The van der Waals surface area contributed by atoms with Crippen molar-refractivity contribution in [2.75, 3.05) is 0 Å². The van der Waals surface area contributed by atoms with Crippen molar-refractivity contribution in [3.05, 3.63) is 29.3 Å². The second-order valence-electron chi connectivity index (χ2n) is 5.31. The minimum absolute atomic E-state index is 0.307. The first-order chi connectivity index (χ1) is 11.3. The Hall–Kier alpha value is -2.02. The highest BCUT2D eigenvalue weighted by Gasteiger charge is 2.07. The number of nitrogens with zero attached hydrogens (tertiary/aromatic N) is 3. The molecule has 134 valence electrons. The molecule has 2 N–H and O–H groups in total. The summed E-state index contributed by atoms with van der Waals surface area (Å²) in [7, 11) is 0. The van der Waals surface area contributed by atoms with Gasteiger partial charge in [-0.1, -0.05) is 44.9 Å². The van der Waals surface area contributed by atoms with Gasteiger partial charge in [0.05, 0.1) is 11.9 Å². The maximum Gasteiger partial charge on any atom is 0.260 e. The number of unbranched alkanes of at least 4 members (excludes halogenated alkanes) is 1. The van der Waals surface area contributed by atoms with E-state index in [1.807, 2.05) is 13.1 Å². The van der Waals surface area contributed by atoms with Crippen molar-refractivity contribution in [2.45, 2.75) is 60.3 Å². The number of aryl methyl sites for hydroxylation is 1. The van der Waals surface area contributed by atoms with Gasteiger partial charge in [-0.2, -0.15) is 0 Å². The number of primary amides is 1. The first-order valence-corrected chi connectivity index (χ1v) is 8.93. The molecular formula is C17H28N4O2S. The second-order valence-corrected chi connectivity index (χ2v) is 6.32. The topological polar surface area (TPSA) is 90.9 Å². The zero-order valence-corrected chi connectivity index (χ0v) is 16.0. The lowest BCUT2D eigenvalue weighted by molar-refractivity contribution is -0.117. The fourth-order valence-electron chi connectivity index (χ4n) is 1.45. The van der Waals surface area contributed by atoms with E-state index in [0.29, 0.717) is 15.8 Å². The van der Waals surface area contributed by atoms with Crippen LogP contribution in [0.2, 0.25) is 0 Å². The number of Topliss-reactive ketones (excluding diaryl/α,β-unsaturated/α-hetero) is 1. The number of hydrogen-bond acceptors (Lipinski definition) is 5. The standard InChI is InChI=1S/C8H8N4OS.C6H12O.C3H8/c1-5-3-12(4-11-5)8-10-2-6(14-8)7(9)13;1-3-4-5-6(2)7;1-3-2/h2-4H,1H3,(H2,9,13);3-5H2,1-2H3;3H2,1-2H3. The molecule has 0 spiro atoms. The van der Waals surface area contributed by atoms with Gasteiger partial charge in [0.1, 0.15) is 17.0 Å². The first kappa shape index (κ1) is 22.0. The van der Waals surface area contributed by atoms with Gasteiger partial charge in [-0.05, 0) is 20.3 Å². The van der Waals surface area contributed by atoms with Gasteiger partial charge in [0, 0.05) is 12.6 Å². The van der Waals surface area contributed by atoms with Gasteiger partial charge in [0.25, 0.3) is 5.91 Å². The Morgan fingerprint density at radius 3 is 2.21 bits per heavy atom. The molecule has 6 nitrogen and oxygen atoms in total. The molecule has 0 radical (unpaired) electrons. The van der Waals surface area contributed by atoms with Gasteiger partial charge in [-0.25, -0.2) is 9.97 Å². The van der Waals surface area contributed by atoms with E-state index in [9.17, 15) is 9.59 Å². The van der Waals surface area contributed by atoms with E-state index in [0.717, 1.165) is 25.0 Å². The third-order valence-electron chi connectivity index (χ3n) is 2.55. The molecule has 2 aromatic heterocycles. The van der Waals surface area contributed by atoms with Crippen molar-refractivity contribution in [1.82, 2.24) is 14.5 Å². The highest BCUT2D eigenvalue weighted by atomic mass is 32.1. The maximum atomic E-state index is 10.8. The predicted octanol–water partition coefficient (Wildman–Crippen LogP) is 3.92. The molecule has 0 aromatic carbocycles. The van der Waals surface area contributed by atoms with Crippen LogP contribution >= 0.6 is 11.3 Å². The molecule has 0 saturated heterocycles. The van der Waals surface area contributed by atoms with E-state index in [1.54, 1.807) is 17.8 Å². The van der Waals surface area contributed by atoms with Crippen molar-refractivity contribution < 1.29 is 9.59 Å². The van der Waals surface area contributed by atoms with Crippen LogP contribution in [-0.4, -0.2) is 26.2 Å². The number of amides is 1. The van der Waals surface area contributed by atoms with E-state index in [4.69, 9.17) is 5.73 Å². The summed E-state index contributed by atoms with van der Waals surface area (Å²) in [5.41, 5.74) is 6.02. The van der Waals surface area contributed by atoms with E-state index in [1.165, 1.54) is 24.0 Å². The molecular weight excluding hydrogens is 324 g/mol. The fourth-order valence-corrected chi connectivity index (χ4v) is 2.16. The monoisotopic (exact) mass is 352 g/mol. The van der Waals surface area contributed by atoms with Crippen LogP contribution in [0.4, 0.5) is 0 Å². The molecule has 0 bridgehead atoms. The van der Waals surface area contributed by atoms with Gasteiger partial charge in [0.2, 0.25) is 0 Å². The second kappa shape index (κ2) is 12.4. The largest absolute Gasteiger partial charge is 0.365 e. The molecule has 2 heterocycles. The third kappa shape index (κ3) is 9.19. The number of rotatable bonds is 5. The smallest absolute Gasteiger partial charge is 0.260 e. The molecule has 0 aliphatic heterocycles. The number of imidazole rings is 1. The molecule has 0 aliphatic rings. The Balaban J connectivity index is 0.000000448. The van der Waals surface area contributed by atoms with Crippen LogP contribution in [0.1, 0.15) is 68.7 Å². The lowest BCUT2D eigenvalue weighted by Crippen LogP contribution is -2.08.